The van der Waals surface area contributed by atoms with Crippen LogP contribution in [0.25, 0.3) is 10.9 Å². The summed E-state index contributed by atoms with van der Waals surface area (Å²) in [7, 11) is 1.71. The van der Waals surface area contributed by atoms with E-state index < -0.39 is 17.6 Å². The van der Waals surface area contributed by atoms with Gasteiger partial charge in [-0.05, 0) is 39.0 Å². The minimum absolute atomic E-state index is 0.0600. The summed E-state index contributed by atoms with van der Waals surface area (Å²) in [6.07, 6.45) is 1.52. The number of aliphatic imine (C=N–C) groups is 1. The van der Waals surface area contributed by atoms with Gasteiger partial charge >= 0.3 is 0 Å². The number of fused-ring (bicyclic) bond motifs is 1. The average Bonchev–Trinajstić information content (AvgIpc) is 2.82. The summed E-state index contributed by atoms with van der Waals surface area (Å²) in [5.74, 6) is -0.780. The molecule has 25 heavy (non-hydrogen) atoms. The van der Waals surface area contributed by atoms with Crippen LogP contribution in [0.5, 0.6) is 0 Å². The number of carbonyl (C=O) groups is 1. The van der Waals surface area contributed by atoms with Crippen LogP contribution in [0.4, 0.5) is 8.78 Å². The second kappa shape index (κ2) is 7.13. The predicted octanol–water partition coefficient (Wildman–Crippen LogP) is 2.94. The molecule has 1 aromatic heterocycles. The summed E-state index contributed by atoms with van der Waals surface area (Å²) in [4.78, 5) is 16.2. The van der Waals surface area contributed by atoms with Crippen molar-refractivity contribution >= 4 is 23.0 Å². The van der Waals surface area contributed by atoms with Gasteiger partial charge in [-0.15, -0.1) is 0 Å². The number of alkyl halides is 1. The van der Waals surface area contributed by atoms with E-state index >= 15 is 0 Å². The minimum Gasteiger partial charge on any atom is -0.347 e. The zero-order chi connectivity index (χ0) is 18.8. The van der Waals surface area contributed by atoms with Crippen molar-refractivity contribution in [1.82, 2.24) is 15.1 Å². The Morgan fingerprint density at radius 1 is 1.52 bits per heavy atom. The number of carbonyl (C=O) groups excluding carboxylic acids is 1. The molecular formula is C18H22F2N4O. The molecule has 0 fully saturated rings. The van der Waals surface area contributed by atoms with Crippen molar-refractivity contribution in [3.8, 4) is 0 Å². The van der Waals surface area contributed by atoms with Gasteiger partial charge in [0.05, 0.1) is 18.1 Å². The van der Waals surface area contributed by atoms with Crippen LogP contribution >= 0.6 is 0 Å². The second-order valence-electron chi connectivity index (χ2n) is 6.50. The monoisotopic (exact) mass is 348 g/mol. The van der Waals surface area contributed by atoms with Gasteiger partial charge in [0.1, 0.15) is 17.2 Å². The fourth-order valence-electron chi connectivity index (χ4n) is 2.14. The maximum Gasteiger partial charge on any atom is 0.248 e. The molecule has 2 aromatic rings. The van der Waals surface area contributed by atoms with Gasteiger partial charge < -0.3 is 5.32 Å². The molecule has 0 radical (unpaired) electrons. The van der Waals surface area contributed by atoms with Gasteiger partial charge in [0, 0.05) is 24.2 Å². The lowest BCUT2D eigenvalue weighted by Crippen LogP contribution is -2.45. The molecule has 7 heteroatoms. The minimum atomic E-state index is -1.53. The van der Waals surface area contributed by atoms with Crippen molar-refractivity contribution in [2.45, 2.75) is 32.5 Å². The van der Waals surface area contributed by atoms with E-state index in [1.54, 1.807) is 24.7 Å². The lowest BCUT2D eigenvalue weighted by atomic mass is 10.0. The molecule has 0 saturated heterocycles. The van der Waals surface area contributed by atoms with E-state index in [9.17, 15) is 13.6 Å². The van der Waals surface area contributed by atoms with Crippen molar-refractivity contribution in [1.29, 1.82) is 0 Å². The number of halogens is 2. The first kappa shape index (κ1) is 18.8. The summed E-state index contributed by atoms with van der Waals surface area (Å²) in [5.41, 5.74) is -0.0823. The normalized spacial score (nSPS) is 13.4. The van der Waals surface area contributed by atoms with E-state index in [1.165, 1.54) is 32.2 Å². The smallest absolute Gasteiger partial charge is 0.248 e. The SMILES string of the molecule is C=C(CN=Cc1nn(C)c2cc(F)ccc12)C(=O)NC(C)C(C)(C)F. The number of aryl methyl sites for hydroxylation is 1. The van der Waals surface area contributed by atoms with Crippen LogP contribution in [0.3, 0.4) is 0 Å². The number of hydrogen-bond donors (Lipinski definition) is 1. The number of nitrogens with zero attached hydrogens (tertiary/aromatic N) is 3. The molecule has 1 aromatic carbocycles. The summed E-state index contributed by atoms with van der Waals surface area (Å²) >= 11 is 0. The third kappa shape index (κ3) is 4.49. The van der Waals surface area contributed by atoms with Gasteiger partial charge in [-0.25, -0.2) is 8.78 Å². The Morgan fingerprint density at radius 3 is 2.84 bits per heavy atom. The summed E-state index contributed by atoms with van der Waals surface area (Å²) in [5, 5.41) is 7.59. The summed E-state index contributed by atoms with van der Waals surface area (Å²) < 4.78 is 28.6. The first-order chi connectivity index (χ1) is 11.6. The lowest BCUT2D eigenvalue weighted by Gasteiger charge is -2.24. The highest BCUT2D eigenvalue weighted by Crippen LogP contribution is 2.18. The van der Waals surface area contributed by atoms with Crippen LogP contribution in [0, 0.1) is 5.82 Å². The highest BCUT2D eigenvalue weighted by Gasteiger charge is 2.26. The summed E-state index contributed by atoms with van der Waals surface area (Å²) in [6.45, 7) is 8.12. The van der Waals surface area contributed by atoms with Gasteiger partial charge in [-0.2, -0.15) is 5.10 Å². The first-order valence-electron chi connectivity index (χ1n) is 7.89. The number of nitrogens with one attached hydrogen (secondary N) is 1. The van der Waals surface area contributed by atoms with Crippen LogP contribution in [-0.2, 0) is 11.8 Å². The Bertz CT molecular complexity index is 833. The molecule has 1 heterocycles. The summed E-state index contributed by atoms with van der Waals surface area (Å²) in [6, 6.07) is 3.74. The van der Waals surface area contributed by atoms with E-state index in [4.69, 9.17) is 0 Å². The van der Waals surface area contributed by atoms with Crippen molar-refractivity contribution in [3.63, 3.8) is 0 Å². The van der Waals surface area contributed by atoms with Crippen molar-refractivity contribution in [3.05, 3.63) is 41.9 Å². The lowest BCUT2D eigenvalue weighted by molar-refractivity contribution is -0.119. The number of rotatable bonds is 6. The Morgan fingerprint density at radius 2 is 2.20 bits per heavy atom. The largest absolute Gasteiger partial charge is 0.347 e. The Labute approximate surface area is 145 Å². The quantitative estimate of drug-likeness (QED) is 0.644. The maximum atomic E-state index is 13.7. The molecule has 0 aliphatic heterocycles. The number of amides is 1. The van der Waals surface area contributed by atoms with Crippen molar-refractivity contribution in [2.75, 3.05) is 6.54 Å². The van der Waals surface area contributed by atoms with E-state index in [-0.39, 0.29) is 17.9 Å². The Kier molecular flexibility index (Phi) is 5.35. The molecule has 0 aliphatic rings. The van der Waals surface area contributed by atoms with Crippen molar-refractivity contribution in [2.24, 2.45) is 12.0 Å². The highest BCUT2D eigenvalue weighted by atomic mass is 19.1. The fourth-order valence-corrected chi connectivity index (χ4v) is 2.14. The number of aromatic nitrogens is 2. The third-order valence-electron chi connectivity index (χ3n) is 4.04. The van der Waals surface area contributed by atoms with Crippen LogP contribution in [0.1, 0.15) is 26.5 Å². The molecule has 1 atom stereocenters. The topological polar surface area (TPSA) is 59.3 Å². The molecule has 0 aliphatic carbocycles. The van der Waals surface area contributed by atoms with E-state index in [0.717, 1.165) is 5.39 Å². The second-order valence-corrected chi connectivity index (χ2v) is 6.50. The fraction of sp³-hybridized carbons (Fsp3) is 0.389. The van der Waals surface area contributed by atoms with Crippen molar-refractivity contribution < 1.29 is 13.6 Å². The maximum absolute atomic E-state index is 13.7. The predicted molar refractivity (Wildman–Crippen MR) is 95.1 cm³/mol. The zero-order valence-electron chi connectivity index (χ0n) is 14.8. The molecular weight excluding hydrogens is 326 g/mol. The third-order valence-corrected chi connectivity index (χ3v) is 4.04. The van der Waals surface area contributed by atoms with Crippen LogP contribution in [0.15, 0.2) is 35.3 Å². The van der Waals surface area contributed by atoms with Gasteiger partial charge in [0.15, 0.2) is 0 Å². The zero-order valence-corrected chi connectivity index (χ0v) is 14.8. The Hall–Kier alpha value is -2.57. The van der Waals surface area contributed by atoms with Crippen LogP contribution in [-0.4, -0.2) is 40.2 Å². The molecule has 0 spiro atoms. The van der Waals surface area contributed by atoms with Crippen LogP contribution in [0.2, 0.25) is 0 Å². The van der Waals surface area contributed by atoms with Gasteiger partial charge in [0.2, 0.25) is 5.91 Å². The molecule has 2 rings (SSSR count). The molecule has 1 N–H and O–H groups in total. The van der Waals surface area contributed by atoms with Gasteiger partial charge in [0.25, 0.3) is 0 Å². The Balaban J connectivity index is 2.04. The first-order valence-corrected chi connectivity index (χ1v) is 7.89. The molecule has 134 valence electrons. The molecule has 1 unspecified atom stereocenters. The highest BCUT2D eigenvalue weighted by molar-refractivity contribution is 5.98. The molecule has 0 bridgehead atoms. The molecule has 1 amide bonds. The number of hydrogen-bond acceptors (Lipinski definition) is 3. The standard InChI is InChI=1S/C18H22F2N4O/c1-11(17(25)22-12(2)18(3,4)20)9-21-10-15-14-7-6-13(19)8-16(14)24(5)23-15/h6-8,10,12H,1,9H2,2-5H3,(H,22,25). The van der Waals surface area contributed by atoms with E-state index in [2.05, 4.69) is 22.0 Å². The molecule has 0 saturated carbocycles. The average molecular weight is 348 g/mol. The van der Waals surface area contributed by atoms with Gasteiger partial charge in [-0.1, -0.05) is 6.58 Å². The number of benzene rings is 1. The van der Waals surface area contributed by atoms with Gasteiger partial charge in [-0.3, -0.25) is 14.5 Å². The van der Waals surface area contributed by atoms with Crippen LogP contribution < -0.4 is 5.32 Å². The molecule has 5 nitrogen and oxygen atoms in total. The van der Waals surface area contributed by atoms with E-state index in [1.807, 2.05) is 0 Å². The van der Waals surface area contributed by atoms with E-state index in [0.29, 0.717) is 11.2 Å².